The summed E-state index contributed by atoms with van der Waals surface area (Å²) in [5.41, 5.74) is 1.55. The van der Waals surface area contributed by atoms with Gasteiger partial charge in [-0.25, -0.2) is 0 Å². The summed E-state index contributed by atoms with van der Waals surface area (Å²) >= 11 is 0. The van der Waals surface area contributed by atoms with E-state index in [2.05, 4.69) is 10.5 Å². The standard InChI is InChI=1S/C12H18N2O4/c1-8-10(9(2)18-14-8)7-11(15)13-6-4-3-5-12(16)17/h3-7H2,1-2H3,(H,13,15)(H,16,17). The second-order valence-corrected chi connectivity index (χ2v) is 4.18. The molecule has 18 heavy (non-hydrogen) atoms. The second-order valence-electron chi connectivity index (χ2n) is 4.18. The molecule has 0 unspecified atom stereocenters. The van der Waals surface area contributed by atoms with Gasteiger partial charge in [0.2, 0.25) is 5.91 Å². The van der Waals surface area contributed by atoms with Crippen LogP contribution in [-0.4, -0.2) is 28.7 Å². The van der Waals surface area contributed by atoms with E-state index in [4.69, 9.17) is 9.63 Å². The van der Waals surface area contributed by atoms with Crippen LogP contribution in [0.15, 0.2) is 4.52 Å². The van der Waals surface area contributed by atoms with E-state index >= 15 is 0 Å². The first-order valence-electron chi connectivity index (χ1n) is 5.91. The van der Waals surface area contributed by atoms with Crippen LogP contribution in [0.4, 0.5) is 0 Å². The van der Waals surface area contributed by atoms with E-state index in [1.165, 1.54) is 0 Å². The van der Waals surface area contributed by atoms with Crippen LogP contribution >= 0.6 is 0 Å². The van der Waals surface area contributed by atoms with Crippen LogP contribution in [0.25, 0.3) is 0 Å². The lowest BCUT2D eigenvalue weighted by Crippen LogP contribution is -2.26. The van der Waals surface area contributed by atoms with Gasteiger partial charge in [0.05, 0.1) is 12.1 Å². The summed E-state index contributed by atoms with van der Waals surface area (Å²) in [7, 11) is 0. The van der Waals surface area contributed by atoms with Crippen molar-refractivity contribution >= 4 is 11.9 Å². The largest absolute Gasteiger partial charge is 0.481 e. The SMILES string of the molecule is Cc1noc(C)c1CC(=O)NCCCCC(=O)O. The van der Waals surface area contributed by atoms with Crippen molar-refractivity contribution in [3.8, 4) is 0 Å². The van der Waals surface area contributed by atoms with E-state index in [9.17, 15) is 9.59 Å². The Labute approximate surface area is 105 Å². The maximum atomic E-state index is 11.6. The summed E-state index contributed by atoms with van der Waals surface area (Å²) in [6.45, 7) is 4.07. The zero-order valence-electron chi connectivity index (χ0n) is 10.7. The highest BCUT2D eigenvalue weighted by atomic mass is 16.5. The van der Waals surface area contributed by atoms with E-state index in [1.807, 2.05) is 0 Å². The Morgan fingerprint density at radius 3 is 2.61 bits per heavy atom. The average molecular weight is 254 g/mol. The number of rotatable bonds is 7. The molecular formula is C12H18N2O4. The Bertz CT molecular complexity index is 406. The lowest BCUT2D eigenvalue weighted by molar-refractivity contribution is -0.137. The molecule has 6 heteroatoms. The van der Waals surface area contributed by atoms with Crippen molar-refractivity contribution in [1.82, 2.24) is 10.5 Å². The number of unbranched alkanes of at least 4 members (excludes halogenated alkanes) is 1. The number of hydrogen-bond acceptors (Lipinski definition) is 4. The summed E-state index contributed by atoms with van der Waals surface area (Å²) in [4.78, 5) is 21.9. The predicted octanol–water partition coefficient (Wildman–Crippen LogP) is 1.21. The Balaban J connectivity index is 2.24. The summed E-state index contributed by atoms with van der Waals surface area (Å²) in [5, 5.41) is 15.0. The number of carboxylic acids is 1. The molecule has 0 radical (unpaired) electrons. The third-order valence-corrected chi connectivity index (χ3v) is 2.66. The minimum Gasteiger partial charge on any atom is -0.481 e. The number of carboxylic acid groups (broad SMARTS) is 1. The van der Waals surface area contributed by atoms with Gasteiger partial charge in [-0.15, -0.1) is 0 Å². The van der Waals surface area contributed by atoms with Gasteiger partial charge in [0, 0.05) is 18.5 Å². The summed E-state index contributed by atoms with van der Waals surface area (Å²) in [6, 6.07) is 0. The average Bonchev–Trinajstić information content (AvgIpc) is 2.60. The van der Waals surface area contributed by atoms with E-state index < -0.39 is 5.97 Å². The van der Waals surface area contributed by atoms with Crippen LogP contribution in [0.2, 0.25) is 0 Å². The van der Waals surface area contributed by atoms with Crippen molar-refractivity contribution in [2.24, 2.45) is 0 Å². The van der Waals surface area contributed by atoms with Crippen molar-refractivity contribution in [2.45, 2.75) is 39.5 Å². The molecule has 0 aliphatic heterocycles. The molecule has 0 bridgehead atoms. The molecule has 0 saturated heterocycles. The molecule has 1 rings (SSSR count). The van der Waals surface area contributed by atoms with Crippen molar-refractivity contribution in [1.29, 1.82) is 0 Å². The molecule has 1 heterocycles. The zero-order chi connectivity index (χ0) is 13.5. The number of carbonyl (C=O) groups excluding carboxylic acids is 1. The molecule has 6 nitrogen and oxygen atoms in total. The Hall–Kier alpha value is -1.85. The zero-order valence-corrected chi connectivity index (χ0v) is 10.7. The molecule has 0 aromatic carbocycles. The van der Waals surface area contributed by atoms with Crippen LogP contribution in [-0.2, 0) is 16.0 Å². The fourth-order valence-corrected chi connectivity index (χ4v) is 1.61. The molecule has 100 valence electrons. The highest BCUT2D eigenvalue weighted by molar-refractivity contribution is 5.78. The highest BCUT2D eigenvalue weighted by Gasteiger charge is 2.12. The third kappa shape index (κ3) is 4.57. The van der Waals surface area contributed by atoms with Crippen molar-refractivity contribution in [3.63, 3.8) is 0 Å². The quantitative estimate of drug-likeness (QED) is 0.713. The van der Waals surface area contributed by atoms with Crippen molar-refractivity contribution in [3.05, 3.63) is 17.0 Å². The lowest BCUT2D eigenvalue weighted by Gasteiger charge is -2.04. The molecule has 2 N–H and O–H groups in total. The van der Waals surface area contributed by atoms with Gasteiger partial charge in [0.25, 0.3) is 0 Å². The molecule has 0 aliphatic rings. The first kappa shape index (κ1) is 14.2. The van der Waals surface area contributed by atoms with Crippen LogP contribution in [0.3, 0.4) is 0 Å². The molecule has 1 aromatic heterocycles. The normalized spacial score (nSPS) is 10.3. The first-order chi connectivity index (χ1) is 8.50. The first-order valence-corrected chi connectivity index (χ1v) is 5.91. The Morgan fingerprint density at radius 1 is 1.33 bits per heavy atom. The number of hydrogen-bond donors (Lipinski definition) is 2. The van der Waals surface area contributed by atoms with E-state index in [1.54, 1.807) is 13.8 Å². The number of nitrogens with one attached hydrogen (secondary N) is 1. The highest BCUT2D eigenvalue weighted by Crippen LogP contribution is 2.12. The number of aromatic nitrogens is 1. The van der Waals surface area contributed by atoms with Crippen LogP contribution in [0, 0.1) is 13.8 Å². The van der Waals surface area contributed by atoms with Crippen LogP contribution in [0.5, 0.6) is 0 Å². The summed E-state index contributed by atoms with van der Waals surface area (Å²) in [5.74, 6) is -0.245. The van der Waals surface area contributed by atoms with Gasteiger partial charge in [-0.3, -0.25) is 9.59 Å². The van der Waals surface area contributed by atoms with Crippen molar-refractivity contribution < 1.29 is 19.2 Å². The number of amides is 1. The van der Waals surface area contributed by atoms with E-state index in [-0.39, 0.29) is 18.7 Å². The van der Waals surface area contributed by atoms with Gasteiger partial charge in [-0.05, 0) is 26.7 Å². The summed E-state index contributed by atoms with van der Waals surface area (Å²) < 4.78 is 4.97. The Kier molecular flexibility index (Phi) is 5.35. The van der Waals surface area contributed by atoms with Crippen LogP contribution < -0.4 is 5.32 Å². The lowest BCUT2D eigenvalue weighted by atomic mass is 10.1. The van der Waals surface area contributed by atoms with Gasteiger partial charge in [0.1, 0.15) is 5.76 Å². The van der Waals surface area contributed by atoms with Gasteiger partial charge in [-0.2, -0.15) is 0 Å². The monoisotopic (exact) mass is 254 g/mol. The van der Waals surface area contributed by atoms with E-state index in [0.717, 1.165) is 11.3 Å². The fraction of sp³-hybridized carbons (Fsp3) is 0.583. The Morgan fingerprint density at radius 2 is 2.06 bits per heavy atom. The number of aliphatic carboxylic acids is 1. The molecule has 0 aliphatic carbocycles. The number of nitrogens with zero attached hydrogens (tertiary/aromatic N) is 1. The van der Waals surface area contributed by atoms with Crippen molar-refractivity contribution in [2.75, 3.05) is 6.54 Å². The third-order valence-electron chi connectivity index (χ3n) is 2.66. The van der Waals surface area contributed by atoms with Gasteiger partial charge >= 0.3 is 5.97 Å². The minimum atomic E-state index is -0.808. The molecule has 0 atom stereocenters. The maximum absolute atomic E-state index is 11.6. The molecule has 0 spiro atoms. The number of aryl methyl sites for hydroxylation is 2. The van der Waals surface area contributed by atoms with E-state index in [0.29, 0.717) is 25.1 Å². The topological polar surface area (TPSA) is 92.4 Å². The predicted molar refractivity (Wildman–Crippen MR) is 64.2 cm³/mol. The number of carbonyl (C=O) groups is 2. The molecule has 0 saturated carbocycles. The van der Waals surface area contributed by atoms with Crippen LogP contribution in [0.1, 0.15) is 36.3 Å². The summed E-state index contributed by atoms with van der Waals surface area (Å²) in [6.07, 6.45) is 1.63. The molecular weight excluding hydrogens is 236 g/mol. The molecule has 0 fully saturated rings. The van der Waals surface area contributed by atoms with Gasteiger partial charge < -0.3 is 14.9 Å². The maximum Gasteiger partial charge on any atom is 0.303 e. The smallest absolute Gasteiger partial charge is 0.303 e. The van der Waals surface area contributed by atoms with Gasteiger partial charge in [0.15, 0.2) is 0 Å². The molecule has 1 amide bonds. The van der Waals surface area contributed by atoms with Gasteiger partial charge in [-0.1, -0.05) is 5.16 Å². The second kappa shape index (κ2) is 6.78. The molecule has 1 aromatic rings. The minimum absolute atomic E-state index is 0.0975. The fourth-order valence-electron chi connectivity index (χ4n) is 1.61.